The number of aliphatic hydroxyl groups is 1. The first-order chi connectivity index (χ1) is 13.1. The van der Waals surface area contributed by atoms with E-state index in [2.05, 4.69) is 36.6 Å². The number of rotatable bonds is 5. The topological polar surface area (TPSA) is 74.5 Å². The summed E-state index contributed by atoms with van der Waals surface area (Å²) in [6.45, 7) is 7.63. The van der Waals surface area contributed by atoms with E-state index in [9.17, 15) is 5.11 Å². The Morgan fingerprint density at radius 1 is 1.19 bits per heavy atom. The van der Waals surface area contributed by atoms with Crippen molar-refractivity contribution in [3.63, 3.8) is 0 Å². The molecule has 1 aliphatic carbocycles. The highest BCUT2D eigenvalue weighted by Gasteiger charge is 2.20. The zero-order valence-corrected chi connectivity index (χ0v) is 16.6. The van der Waals surface area contributed by atoms with E-state index in [1.807, 2.05) is 29.8 Å². The first kappa shape index (κ1) is 19.4. The van der Waals surface area contributed by atoms with Crippen molar-refractivity contribution >= 4 is 5.96 Å². The van der Waals surface area contributed by atoms with Crippen LogP contribution >= 0.6 is 0 Å². The standard InChI is InChI=1S/C21H31N5O/c1-4-22-21(24-17-10-12-19(27)13-11-17)23-14-20-15(2)25-26(16(20)3)18-8-6-5-7-9-18/h5-9,17,19,27H,4,10-14H2,1-3H3,(H2,22,23,24). The molecule has 0 unspecified atom stereocenters. The molecule has 1 fully saturated rings. The fourth-order valence-corrected chi connectivity index (χ4v) is 3.62. The van der Waals surface area contributed by atoms with Gasteiger partial charge in [-0.25, -0.2) is 9.67 Å². The minimum atomic E-state index is -0.142. The molecule has 0 amide bonds. The van der Waals surface area contributed by atoms with E-state index in [0.717, 1.165) is 60.8 Å². The Hall–Kier alpha value is -2.34. The lowest BCUT2D eigenvalue weighted by Gasteiger charge is -2.27. The van der Waals surface area contributed by atoms with Gasteiger partial charge in [-0.15, -0.1) is 0 Å². The lowest BCUT2D eigenvalue weighted by atomic mass is 9.93. The second-order valence-corrected chi connectivity index (χ2v) is 7.24. The summed E-state index contributed by atoms with van der Waals surface area (Å²) in [6, 6.07) is 10.6. The lowest BCUT2D eigenvalue weighted by Crippen LogP contribution is -2.45. The monoisotopic (exact) mass is 369 g/mol. The molecule has 1 heterocycles. The molecule has 0 aliphatic heterocycles. The fourth-order valence-electron chi connectivity index (χ4n) is 3.62. The van der Waals surface area contributed by atoms with E-state index in [1.54, 1.807) is 0 Å². The first-order valence-corrected chi connectivity index (χ1v) is 9.92. The quantitative estimate of drug-likeness (QED) is 0.560. The minimum absolute atomic E-state index is 0.142. The molecule has 0 radical (unpaired) electrons. The second-order valence-electron chi connectivity index (χ2n) is 7.24. The third-order valence-corrected chi connectivity index (χ3v) is 5.22. The van der Waals surface area contributed by atoms with Gasteiger partial charge in [0.1, 0.15) is 0 Å². The molecule has 0 atom stereocenters. The molecule has 1 aliphatic rings. The van der Waals surface area contributed by atoms with E-state index in [0.29, 0.717) is 12.6 Å². The number of aromatic nitrogens is 2. The largest absolute Gasteiger partial charge is 0.393 e. The zero-order chi connectivity index (χ0) is 19.2. The van der Waals surface area contributed by atoms with Crippen molar-refractivity contribution in [3.05, 3.63) is 47.3 Å². The molecule has 3 N–H and O–H groups in total. The van der Waals surface area contributed by atoms with Crippen LogP contribution in [-0.4, -0.2) is 39.5 Å². The Kier molecular flexibility index (Phi) is 6.50. The number of aliphatic hydroxyl groups excluding tert-OH is 1. The van der Waals surface area contributed by atoms with Gasteiger partial charge in [0, 0.05) is 23.8 Å². The Morgan fingerprint density at radius 2 is 1.89 bits per heavy atom. The highest BCUT2D eigenvalue weighted by atomic mass is 16.3. The third kappa shape index (κ3) is 4.89. The van der Waals surface area contributed by atoms with Gasteiger partial charge in [-0.3, -0.25) is 0 Å². The predicted molar refractivity (Wildman–Crippen MR) is 109 cm³/mol. The molecule has 1 aromatic heterocycles. The maximum Gasteiger partial charge on any atom is 0.191 e. The number of hydrogen-bond acceptors (Lipinski definition) is 3. The van der Waals surface area contributed by atoms with Crippen molar-refractivity contribution in [3.8, 4) is 5.69 Å². The summed E-state index contributed by atoms with van der Waals surface area (Å²) in [5, 5.41) is 21.3. The Balaban J connectivity index is 1.73. The van der Waals surface area contributed by atoms with Gasteiger partial charge in [-0.1, -0.05) is 18.2 Å². The van der Waals surface area contributed by atoms with Crippen molar-refractivity contribution in [1.82, 2.24) is 20.4 Å². The summed E-state index contributed by atoms with van der Waals surface area (Å²) in [7, 11) is 0. The summed E-state index contributed by atoms with van der Waals surface area (Å²) in [4.78, 5) is 4.80. The number of nitrogens with one attached hydrogen (secondary N) is 2. The van der Waals surface area contributed by atoms with Crippen LogP contribution in [0.5, 0.6) is 0 Å². The van der Waals surface area contributed by atoms with Crippen molar-refractivity contribution in [1.29, 1.82) is 0 Å². The van der Waals surface area contributed by atoms with Crippen molar-refractivity contribution in [2.45, 2.75) is 65.1 Å². The highest BCUT2D eigenvalue weighted by Crippen LogP contribution is 2.20. The van der Waals surface area contributed by atoms with E-state index in [-0.39, 0.29) is 6.10 Å². The summed E-state index contributed by atoms with van der Waals surface area (Å²) in [5.74, 6) is 0.838. The number of guanidine groups is 1. The number of para-hydroxylation sites is 1. The Bertz CT molecular complexity index is 760. The van der Waals surface area contributed by atoms with Gasteiger partial charge in [0.15, 0.2) is 5.96 Å². The molecule has 6 nitrogen and oxygen atoms in total. The van der Waals surface area contributed by atoms with Crippen LogP contribution in [0.2, 0.25) is 0 Å². The zero-order valence-electron chi connectivity index (χ0n) is 16.6. The van der Waals surface area contributed by atoms with Crippen LogP contribution in [0, 0.1) is 13.8 Å². The van der Waals surface area contributed by atoms with E-state index >= 15 is 0 Å². The SMILES string of the molecule is CCNC(=NCc1c(C)nn(-c2ccccc2)c1C)NC1CCC(O)CC1. The smallest absolute Gasteiger partial charge is 0.191 e. The summed E-state index contributed by atoms with van der Waals surface area (Å²) in [6.07, 6.45) is 3.54. The second kappa shape index (κ2) is 9.04. The molecule has 1 saturated carbocycles. The van der Waals surface area contributed by atoms with E-state index in [1.165, 1.54) is 0 Å². The number of hydrogen-bond donors (Lipinski definition) is 3. The van der Waals surface area contributed by atoms with E-state index < -0.39 is 0 Å². The Morgan fingerprint density at radius 3 is 2.56 bits per heavy atom. The maximum atomic E-state index is 9.69. The molecule has 1 aromatic carbocycles. The van der Waals surface area contributed by atoms with Gasteiger partial charge < -0.3 is 15.7 Å². The van der Waals surface area contributed by atoms with E-state index in [4.69, 9.17) is 10.1 Å². The van der Waals surface area contributed by atoms with Crippen LogP contribution in [0.1, 0.15) is 49.6 Å². The van der Waals surface area contributed by atoms with Crippen LogP contribution in [0.25, 0.3) is 5.69 Å². The Labute approximate surface area is 161 Å². The van der Waals surface area contributed by atoms with Crippen molar-refractivity contribution < 1.29 is 5.11 Å². The van der Waals surface area contributed by atoms with Gasteiger partial charge in [0.25, 0.3) is 0 Å². The number of aryl methyl sites for hydroxylation is 1. The summed E-state index contributed by atoms with van der Waals surface area (Å²) >= 11 is 0. The van der Waals surface area contributed by atoms with Gasteiger partial charge in [-0.2, -0.15) is 5.10 Å². The van der Waals surface area contributed by atoms with Gasteiger partial charge in [-0.05, 0) is 58.6 Å². The normalized spacial score (nSPS) is 20.5. The minimum Gasteiger partial charge on any atom is -0.393 e. The van der Waals surface area contributed by atoms with Gasteiger partial charge >= 0.3 is 0 Å². The summed E-state index contributed by atoms with van der Waals surface area (Å²) < 4.78 is 1.99. The third-order valence-electron chi connectivity index (χ3n) is 5.22. The van der Waals surface area contributed by atoms with Crippen LogP contribution in [0.4, 0.5) is 0 Å². The maximum absolute atomic E-state index is 9.69. The number of benzene rings is 1. The average molecular weight is 370 g/mol. The van der Waals surface area contributed by atoms with Gasteiger partial charge in [0.2, 0.25) is 0 Å². The number of nitrogens with zero attached hydrogens (tertiary/aromatic N) is 3. The molecule has 0 bridgehead atoms. The molecule has 27 heavy (non-hydrogen) atoms. The molecule has 0 saturated heterocycles. The molecule has 0 spiro atoms. The van der Waals surface area contributed by atoms with Crippen molar-refractivity contribution in [2.75, 3.05) is 6.54 Å². The van der Waals surface area contributed by atoms with Crippen LogP contribution in [-0.2, 0) is 6.54 Å². The lowest BCUT2D eigenvalue weighted by molar-refractivity contribution is 0.120. The molecule has 2 aromatic rings. The van der Waals surface area contributed by atoms with Gasteiger partial charge in [0.05, 0.1) is 24.0 Å². The van der Waals surface area contributed by atoms with Crippen LogP contribution in [0.3, 0.4) is 0 Å². The fraction of sp³-hybridized carbons (Fsp3) is 0.524. The molecule has 3 rings (SSSR count). The number of aliphatic imine (C=N–C) groups is 1. The average Bonchev–Trinajstić information content (AvgIpc) is 2.96. The molecular formula is C21H31N5O. The molecular weight excluding hydrogens is 338 g/mol. The molecule has 146 valence electrons. The molecule has 6 heteroatoms. The van der Waals surface area contributed by atoms with Crippen LogP contribution < -0.4 is 10.6 Å². The van der Waals surface area contributed by atoms with Crippen molar-refractivity contribution in [2.24, 2.45) is 4.99 Å². The summed E-state index contributed by atoms with van der Waals surface area (Å²) in [5.41, 5.74) is 4.37. The first-order valence-electron chi connectivity index (χ1n) is 9.92. The highest BCUT2D eigenvalue weighted by molar-refractivity contribution is 5.80. The predicted octanol–water partition coefficient (Wildman–Crippen LogP) is 2.85. The van der Waals surface area contributed by atoms with Crippen LogP contribution in [0.15, 0.2) is 35.3 Å².